The topological polar surface area (TPSA) is 95.7 Å². The number of aromatic nitrogens is 4. The molecule has 2 fully saturated rings. The van der Waals surface area contributed by atoms with E-state index in [4.69, 9.17) is 10.1 Å². The molecular weight excluding hydrogens is 521 g/mol. The van der Waals surface area contributed by atoms with E-state index < -0.39 is 5.95 Å². The van der Waals surface area contributed by atoms with Crippen molar-refractivity contribution in [3.8, 4) is 11.3 Å². The van der Waals surface area contributed by atoms with Gasteiger partial charge in [-0.15, -0.1) is 0 Å². The Labute approximate surface area is 237 Å². The Morgan fingerprint density at radius 3 is 2.63 bits per heavy atom. The van der Waals surface area contributed by atoms with E-state index in [-0.39, 0.29) is 29.3 Å². The summed E-state index contributed by atoms with van der Waals surface area (Å²) in [5, 5.41) is 7.40. The molecule has 1 aromatic carbocycles. The molecule has 4 aromatic rings. The number of anilines is 1. The molecule has 9 nitrogen and oxygen atoms in total. The third-order valence-corrected chi connectivity index (χ3v) is 8.76. The van der Waals surface area contributed by atoms with Gasteiger partial charge in [-0.2, -0.15) is 9.49 Å². The first kappa shape index (κ1) is 25.6. The number of carbonyl (C=O) groups excluding carboxylic acids is 2. The normalized spacial score (nSPS) is 20.4. The molecule has 0 radical (unpaired) electrons. The maximum absolute atomic E-state index is 15.4. The fraction of sp³-hybridized carbons (Fsp3) is 0.387. The second-order valence-electron chi connectivity index (χ2n) is 11.3. The average Bonchev–Trinajstić information content (AvgIpc) is 3.55. The summed E-state index contributed by atoms with van der Waals surface area (Å²) in [5.74, 6) is -0.0621. The smallest absolute Gasteiger partial charge is 0.273 e. The lowest BCUT2D eigenvalue weighted by Gasteiger charge is -2.35. The van der Waals surface area contributed by atoms with Crippen LogP contribution in [-0.4, -0.2) is 63.0 Å². The third-order valence-electron chi connectivity index (χ3n) is 8.76. The SMILES string of the molecule is CNC(=O)[C@H]1CCN(c2ccc(-c3cc4nc(C(=O)N5CCc6ccccc6[C@H]5C)cc(C5CC5)n4n3)c(F)n2)C1. The zero-order valence-electron chi connectivity index (χ0n) is 23.2. The van der Waals surface area contributed by atoms with E-state index in [0.29, 0.717) is 54.8 Å². The van der Waals surface area contributed by atoms with Crippen LogP contribution in [0.15, 0.2) is 48.5 Å². The number of carbonyl (C=O) groups is 2. The second-order valence-corrected chi connectivity index (χ2v) is 11.3. The van der Waals surface area contributed by atoms with Crippen molar-refractivity contribution >= 4 is 23.3 Å². The van der Waals surface area contributed by atoms with Crippen molar-refractivity contribution in [2.75, 3.05) is 31.6 Å². The third kappa shape index (κ3) is 4.51. The molecule has 1 saturated carbocycles. The molecule has 2 atom stereocenters. The van der Waals surface area contributed by atoms with Crippen molar-refractivity contribution in [2.24, 2.45) is 5.92 Å². The molecule has 41 heavy (non-hydrogen) atoms. The molecule has 5 heterocycles. The van der Waals surface area contributed by atoms with Gasteiger partial charge in [0.15, 0.2) is 5.65 Å². The minimum atomic E-state index is -0.626. The molecule has 0 spiro atoms. The van der Waals surface area contributed by atoms with Crippen LogP contribution in [0.2, 0.25) is 0 Å². The number of amides is 2. The monoisotopic (exact) mass is 553 g/mol. The highest BCUT2D eigenvalue weighted by molar-refractivity contribution is 5.93. The summed E-state index contributed by atoms with van der Waals surface area (Å²) in [4.78, 5) is 38.6. The van der Waals surface area contributed by atoms with Crippen LogP contribution in [0.25, 0.3) is 16.9 Å². The zero-order chi connectivity index (χ0) is 28.2. The molecule has 210 valence electrons. The van der Waals surface area contributed by atoms with Gasteiger partial charge >= 0.3 is 0 Å². The van der Waals surface area contributed by atoms with E-state index in [2.05, 4.69) is 29.4 Å². The molecule has 3 aromatic heterocycles. The minimum Gasteiger partial charge on any atom is -0.359 e. The van der Waals surface area contributed by atoms with Crippen molar-refractivity contribution in [1.82, 2.24) is 29.8 Å². The van der Waals surface area contributed by atoms with Crippen LogP contribution >= 0.6 is 0 Å². The Hall–Kier alpha value is -4.34. The number of hydrogen-bond acceptors (Lipinski definition) is 6. The number of hydrogen-bond donors (Lipinski definition) is 1. The number of pyridine rings is 1. The number of halogens is 1. The van der Waals surface area contributed by atoms with Crippen LogP contribution in [0.1, 0.15) is 65.5 Å². The van der Waals surface area contributed by atoms with Gasteiger partial charge in [0.25, 0.3) is 5.91 Å². The Morgan fingerprint density at radius 1 is 1.02 bits per heavy atom. The number of nitrogens with one attached hydrogen (secondary N) is 1. The van der Waals surface area contributed by atoms with Gasteiger partial charge in [0.05, 0.1) is 23.2 Å². The van der Waals surface area contributed by atoms with Gasteiger partial charge in [0, 0.05) is 44.4 Å². The van der Waals surface area contributed by atoms with Gasteiger partial charge in [-0.3, -0.25) is 9.59 Å². The molecule has 1 aliphatic carbocycles. The van der Waals surface area contributed by atoms with E-state index in [1.54, 1.807) is 29.8 Å². The summed E-state index contributed by atoms with van der Waals surface area (Å²) in [6, 6.07) is 15.3. The molecule has 2 amide bonds. The molecule has 2 aliphatic heterocycles. The summed E-state index contributed by atoms with van der Waals surface area (Å²) in [7, 11) is 1.63. The Bertz CT molecular complexity index is 1680. The summed E-state index contributed by atoms with van der Waals surface area (Å²) < 4.78 is 17.1. The molecule has 1 saturated heterocycles. The van der Waals surface area contributed by atoms with Crippen LogP contribution in [-0.2, 0) is 11.2 Å². The summed E-state index contributed by atoms with van der Waals surface area (Å²) in [5.41, 5.74) is 5.00. The largest absolute Gasteiger partial charge is 0.359 e. The highest BCUT2D eigenvalue weighted by Crippen LogP contribution is 2.41. The average molecular weight is 554 g/mol. The summed E-state index contributed by atoms with van der Waals surface area (Å²) >= 11 is 0. The van der Waals surface area contributed by atoms with Crippen LogP contribution in [0.3, 0.4) is 0 Å². The Morgan fingerprint density at radius 2 is 1.85 bits per heavy atom. The van der Waals surface area contributed by atoms with Crippen LogP contribution in [0.5, 0.6) is 0 Å². The lowest BCUT2D eigenvalue weighted by atomic mass is 9.93. The van der Waals surface area contributed by atoms with Gasteiger partial charge in [-0.1, -0.05) is 24.3 Å². The van der Waals surface area contributed by atoms with Gasteiger partial charge < -0.3 is 15.1 Å². The predicted molar refractivity (Wildman–Crippen MR) is 152 cm³/mol. The van der Waals surface area contributed by atoms with E-state index in [1.807, 2.05) is 28.0 Å². The minimum absolute atomic E-state index is 0.00864. The molecule has 0 unspecified atom stereocenters. The Kier molecular flexibility index (Phi) is 6.21. The number of benzene rings is 1. The van der Waals surface area contributed by atoms with Gasteiger partial charge in [-0.05, 0) is 61.9 Å². The van der Waals surface area contributed by atoms with E-state index >= 15 is 4.39 Å². The van der Waals surface area contributed by atoms with E-state index in [9.17, 15) is 9.59 Å². The fourth-order valence-electron chi connectivity index (χ4n) is 6.28. The van der Waals surface area contributed by atoms with Crippen LogP contribution in [0.4, 0.5) is 10.2 Å². The van der Waals surface area contributed by atoms with Gasteiger partial charge in [0.2, 0.25) is 11.9 Å². The molecule has 1 N–H and O–H groups in total. The van der Waals surface area contributed by atoms with Gasteiger partial charge in [-0.25, -0.2) is 14.5 Å². The van der Waals surface area contributed by atoms with Crippen molar-refractivity contribution in [1.29, 1.82) is 0 Å². The molecule has 0 bridgehead atoms. The summed E-state index contributed by atoms with van der Waals surface area (Å²) in [6.45, 7) is 3.85. The fourth-order valence-corrected chi connectivity index (χ4v) is 6.28. The number of rotatable bonds is 5. The van der Waals surface area contributed by atoms with Crippen molar-refractivity contribution in [2.45, 2.75) is 44.6 Å². The predicted octanol–water partition coefficient (Wildman–Crippen LogP) is 4.14. The summed E-state index contributed by atoms with van der Waals surface area (Å²) in [6.07, 6.45) is 3.56. The van der Waals surface area contributed by atoms with Crippen molar-refractivity contribution < 1.29 is 14.0 Å². The van der Waals surface area contributed by atoms with Gasteiger partial charge in [0.1, 0.15) is 11.5 Å². The molecule has 3 aliphatic rings. The van der Waals surface area contributed by atoms with Crippen LogP contribution in [0, 0.1) is 11.9 Å². The zero-order valence-corrected chi connectivity index (χ0v) is 23.2. The lowest BCUT2D eigenvalue weighted by molar-refractivity contribution is -0.123. The maximum atomic E-state index is 15.4. The number of fused-ring (bicyclic) bond motifs is 2. The standard InChI is InChI=1S/C31H32FN7O2/c1-18-22-6-4-3-5-19(22)12-14-38(18)31(41)25-15-26(20-7-8-20)39-28(34-25)16-24(36-39)23-9-10-27(35-29(23)32)37-13-11-21(17-37)30(40)33-2/h3-6,9-10,15-16,18,20-21H,7-8,11-14,17H2,1-2H3,(H,33,40)/t18-,21+/m1/s1. The van der Waals surface area contributed by atoms with Crippen molar-refractivity contribution in [3.05, 3.63) is 77.0 Å². The Balaban J connectivity index is 1.19. The highest BCUT2D eigenvalue weighted by Gasteiger charge is 2.33. The van der Waals surface area contributed by atoms with Crippen molar-refractivity contribution in [3.63, 3.8) is 0 Å². The molecular formula is C31H32FN7O2. The quantitative estimate of drug-likeness (QED) is 0.374. The lowest BCUT2D eigenvalue weighted by Crippen LogP contribution is -2.39. The maximum Gasteiger partial charge on any atom is 0.273 e. The molecule has 7 rings (SSSR count). The van der Waals surface area contributed by atoms with Crippen LogP contribution < -0.4 is 10.2 Å². The second kappa shape index (κ2) is 9.94. The van der Waals surface area contributed by atoms with E-state index in [0.717, 1.165) is 25.0 Å². The first-order valence-corrected chi connectivity index (χ1v) is 14.3. The first-order valence-electron chi connectivity index (χ1n) is 14.3. The number of nitrogens with zero attached hydrogens (tertiary/aromatic N) is 6. The molecule has 10 heteroatoms. The van der Waals surface area contributed by atoms with E-state index in [1.165, 1.54) is 11.1 Å². The highest BCUT2D eigenvalue weighted by atomic mass is 19.1. The first-order chi connectivity index (χ1) is 19.9.